The molecule has 82 valence electrons. The second-order valence-electron chi connectivity index (χ2n) is 3.68. The molecule has 0 fully saturated rings. The lowest BCUT2D eigenvalue weighted by Crippen LogP contribution is -2.30. The molecule has 0 spiro atoms. The first-order chi connectivity index (χ1) is 7.20. The Bertz CT molecular complexity index is 344. The maximum atomic E-state index is 11.8. The maximum Gasteiger partial charge on any atom is 0.254 e. The Morgan fingerprint density at radius 2 is 1.80 bits per heavy atom. The topological polar surface area (TPSA) is 20.3 Å². The first-order valence-corrected chi connectivity index (χ1v) is 5.59. The number of carbonyl (C=O) groups is 1. The van der Waals surface area contributed by atoms with E-state index < -0.39 is 0 Å². The van der Waals surface area contributed by atoms with E-state index in [1.54, 1.807) is 0 Å². The molecular weight excluding hydrogens is 186 g/mol. The van der Waals surface area contributed by atoms with Crippen molar-refractivity contribution >= 4 is 5.91 Å². The zero-order chi connectivity index (χ0) is 11.4. The monoisotopic (exact) mass is 205 g/mol. The van der Waals surface area contributed by atoms with Crippen LogP contribution in [0.5, 0.6) is 0 Å². The molecule has 0 saturated carbocycles. The van der Waals surface area contributed by atoms with Gasteiger partial charge in [-0.05, 0) is 25.5 Å². The third-order valence-corrected chi connectivity index (χ3v) is 2.47. The molecule has 0 atom stereocenters. The van der Waals surface area contributed by atoms with Crippen LogP contribution in [0.4, 0.5) is 0 Å². The molecule has 1 aromatic rings. The summed E-state index contributed by atoms with van der Waals surface area (Å²) in [5.41, 5.74) is 2.03. The van der Waals surface area contributed by atoms with Crippen molar-refractivity contribution in [2.45, 2.75) is 40.3 Å². The molecule has 2 heteroatoms. The van der Waals surface area contributed by atoms with Crippen LogP contribution < -0.4 is 0 Å². The van der Waals surface area contributed by atoms with Gasteiger partial charge in [-0.15, -0.1) is 0 Å². The first-order valence-electron chi connectivity index (χ1n) is 5.59. The molecule has 0 bridgehead atoms. The molecule has 1 heterocycles. The van der Waals surface area contributed by atoms with Crippen molar-refractivity contribution in [2.75, 3.05) is 0 Å². The van der Waals surface area contributed by atoms with E-state index in [-0.39, 0.29) is 5.91 Å². The Balaban J connectivity index is 0.000000531. The number of hydrogen-bond donors (Lipinski definition) is 0. The molecule has 0 aliphatic carbocycles. The SMILES string of the molecule is CC.CC(C)N1Cc2ccccc2C1=O. The normalized spacial score (nSPS) is 13.7. The summed E-state index contributed by atoms with van der Waals surface area (Å²) in [6, 6.07) is 8.12. The number of hydrogen-bond acceptors (Lipinski definition) is 1. The van der Waals surface area contributed by atoms with E-state index in [0.717, 1.165) is 17.7 Å². The van der Waals surface area contributed by atoms with Crippen LogP contribution in [0.2, 0.25) is 0 Å². The quantitative estimate of drug-likeness (QED) is 0.690. The van der Waals surface area contributed by atoms with E-state index in [9.17, 15) is 4.79 Å². The molecule has 1 amide bonds. The highest BCUT2D eigenvalue weighted by molar-refractivity contribution is 5.98. The highest BCUT2D eigenvalue weighted by Gasteiger charge is 2.27. The van der Waals surface area contributed by atoms with Crippen molar-refractivity contribution in [3.05, 3.63) is 35.4 Å². The number of rotatable bonds is 1. The van der Waals surface area contributed by atoms with Gasteiger partial charge in [0.15, 0.2) is 0 Å². The largest absolute Gasteiger partial charge is 0.332 e. The van der Waals surface area contributed by atoms with E-state index in [1.807, 2.05) is 56.9 Å². The fourth-order valence-electron chi connectivity index (χ4n) is 1.69. The van der Waals surface area contributed by atoms with E-state index in [2.05, 4.69) is 0 Å². The Morgan fingerprint density at radius 3 is 2.33 bits per heavy atom. The molecule has 1 aliphatic heterocycles. The summed E-state index contributed by atoms with van der Waals surface area (Å²) < 4.78 is 0. The average molecular weight is 205 g/mol. The molecule has 0 radical (unpaired) electrons. The van der Waals surface area contributed by atoms with Crippen molar-refractivity contribution in [2.24, 2.45) is 0 Å². The predicted molar refractivity (Wildman–Crippen MR) is 62.8 cm³/mol. The smallest absolute Gasteiger partial charge is 0.254 e. The van der Waals surface area contributed by atoms with Crippen molar-refractivity contribution in [1.29, 1.82) is 0 Å². The first kappa shape index (κ1) is 11.8. The van der Waals surface area contributed by atoms with Gasteiger partial charge in [-0.2, -0.15) is 0 Å². The van der Waals surface area contributed by atoms with E-state index in [0.29, 0.717) is 6.04 Å². The Kier molecular flexibility index (Phi) is 3.89. The van der Waals surface area contributed by atoms with Crippen molar-refractivity contribution in [1.82, 2.24) is 4.90 Å². The van der Waals surface area contributed by atoms with Crippen molar-refractivity contribution < 1.29 is 4.79 Å². The van der Waals surface area contributed by atoms with Gasteiger partial charge < -0.3 is 4.90 Å². The molecule has 0 unspecified atom stereocenters. The number of fused-ring (bicyclic) bond motifs is 1. The van der Waals surface area contributed by atoms with Gasteiger partial charge in [0.2, 0.25) is 0 Å². The molecule has 0 N–H and O–H groups in total. The summed E-state index contributed by atoms with van der Waals surface area (Å²) in [6.45, 7) is 8.86. The van der Waals surface area contributed by atoms with Gasteiger partial charge in [-0.3, -0.25) is 4.79 Å². The van der Waals surface area contributed by atoms with Crippen LogP contribution >= 0.6 is 0 Å². The molecule has 1 aromatic carbocycles. The summed E-state index contributed by atoms with van der Waals surface area (Å²) in [4.78, 5) is 13.7. The summed E-state index contributed by atoms with van der Waals surface area (Å²) in [6.07, 6.45) is 0. The molecule has 15 heavy (non-hydrogen) atoms. The van der Waals surface area contributed by atoms with Gasteiger partial charge in [-0.25, -0.2) is 0 Å². The third kappa shape index (κ3) is 2.20. The highest BCUT2D eigenvalue weighted by atomic mass is 16.2. The van der Waals surface area contributed by atoms with Crippen LogP contribution in [0.1, 0.15) is 43.6 Å². The number of benzene rings is 1. The van der Waals surface area contributed by atoms with E-state index in [4.69, 9.17) is 0 Å². The molecule has 0 saturated heterocycles. The Labute approximate surface area is 91.9 Å². The van der Waals surface area contributed by atoms with Crippen molar-refractivity contribution in [3.63, 3.8) is 0 Å². The second kappa shape index (κ2) is 4.96. The lowest BCUT2D eigenvalue weighted by atomic mass is 10.1. The molecule has 2 nitrogen and oxygen atoms in total. The lowest BCUT2D eigenvalue weighted by Gasteiger charge is -2.19. The fourth-order valence-corrected chi connectivity index (χ4v) is 1.69. The standard InChI is InChI=1S/C11H13NO.C2H6/c1-8(2)12-7-9-5-3-4-6-10(9)11(12)13;1-2/h3-6,8H,7H2,1-2H3;1-2H3. The van der Waals surface area contributed by atoms with Crippen LogP contribution in [0.3, 0.4) is 0 Å². The van der Waals surface area contributed by atoms with E-state index in [1.165, 1.54) is 0 Å². The summed E-state index contributed by atoms with van der Waals surface area (Å²) in [5, 5.41) is 0. The van der Waals surface area contributed by atoms with Gasteiger partial charge in [0.25, 0.3) is 5.91 Å². The average Bonchev–Trinajstić information content (AvgIpc) is 2.60. The van der Waals surface area contributed by atoms with Crippen LogP contribution in [0.25, 0.3) is 0 Å². The van der Waals surface area contributed by atoms with Crippen LogP contribution in [-0.2, 0) is 6.54 Å². The molecular formula is C13H19NO. The molecule has 0 aromatic heterocycles. The second-order valence-corrected chi connectivity index (χ2v) is 3.68. The van der Waals surface area contributed by atoms with Crippen LogP contribution in [-0.4, -0.2) is 16.8 Å². The van der Waals surface area contributed by atoms with Crippen LogP contribution in [0.15, 0.2) is 24.3 Å². The minimum absolute atomic E-state index is 0.172. The van der Waals surface area contributed by atoms with E-state index >= 15 is 0 Å². The van der Waals surface area contributed by atoms with Gasteiger partial charge in [0, 0.05) is 18.2 Å². The zero-order valence-electron chi connectivity index (χ0n) is 9.95. The van der Waals surface area contributed by atoms with Gasteiger partial charge in [-0.1, -0.05) is 32.0 Å². The highest BCUT2D eigenvalue weighted by Crippen LogP contribution is 2.23. The van der Waals surface area contributed by atoms with Crippen LogP contribution in [0, 0.1) is 0 Å². The maximum absolute atomic E-state index is 11.8. The predicted octanol–water partition coefficient (Wildman–Crippen LogP) is 3.08. The number of amides is 1. The van der Waals surface area contributed by atoms with Gasteiger partial charge >= 0.3 is 0 Å². The van der Waals surface area contributed by atoms with Gasteiger partial charge in [0.1, 0.15) is 0 Å². The van der Waals surface area contributed by atoms with Gasteiger partial charge in [0.05, 0.1) is 0 Å². The Hall–Kier alpha value is -1.31. The summed E-state index contributed by atoms with van der Waals surface area (Å²) in [5.74, 6) is 0.172. The fraction of sp³-hybridized carbons (Fsp3) is 0.462. The molecule has 2 rings (SSSR count). The zero-order valence-corrected chi connectivity index (χ0v) is 9.95. The Morgan fingerprint density at radius 1 is 1.20 bits per heavy atom. The minimum atomic E-state index is 0.172. The van der Waals surface area contributed by atoms with Crippen molar-refractivity contribution in [3.8, 4) is 0 Å². The lowest BCUT2D eigenvalue weighted by molar-refractivity contribution is 0.0730. The third-order valence-electron chi connectivity index (χ3n) is 2.47. The minimum Gasteiger partial charge on any atom is -0.332 e. The summed E-state index contributed by atoms with van der Waals surface area (Å²) >= 11 is 0. The molecule has 1 aliphatic rings. The summed E-state index contributed by atoms with van der Waals surface area (Å²) in [7, 11) is 0. The number of nitrogens with zero attached hydrogens (tertiary/aromatic N) is 1. The number of carbonyl (C=O) groups excluding carboxylic acids is 1.